The molecule has 0 aromatic carbocycles. The van der Waals surface area contributed by atoms with Crippen molar-refractivity contribution in [1.29, 1.82) is 0 Å². The smallest absolute Gasteiger partial charge is 0.0897 e. The van der Waals surface area contributed by atoms with Crippen molar-refractivity contribution in [2.75, 3.05) is 40.4 Å². The predicted octanol–water partition coefficient (Wildman–Crippen LogP) is 0.848. The molecule has 0 aliphatic heterocycles. The van der Waals surface area contributed by atoms with Gasteiger partial charge in [-0.05, 0) is 52.1 Å². The predicted molar refractivity (Wildman–Crippen MR) is 72.7 cm³/mol. The highest BCUT2D eigenvalue weighted by atomic mass is 16.5. The molecule has 0 saturated heterocycles. The maximum Gasteiger partial charge on any atom is 0.0897 e. The molecule has 2 rings (SSSR count). The Kier molecular flexibility index (Phi) is 5.01. The van der Waals surface area contributed by atoms with E-state index in [1.807, 2.05) is 0 Å². The second kappa shape index (κ2) is 6.33. The lowest BCUT2D eigenvalue weighted by Gasteiger charge is -2.47. The molecule has 18 heavy (non-hydrogen) atoms. The summed E-state index contributed by atoms with van der Waals surface area (Å²) in [7, 11) is 4.30. The Hall–Kier alpha value is -0.160. The lowest BCUT2D eigenvalue weighted by atomic mass is 9.75. The van der Waals surface area contributed by atoms with Gasteiger partial charge in [-0.3, -0.25) is 0 Å². The second-order valence-corrected chi connectivity index (χ2v) is 6.24. The number of aliphatic hydroxyl groups excluding tert-OH is 1. The molecule has 0 heterocycles. The van der Waals surface area contributed by atoms with Gasteiger partial charge in [-0.2, -0.15) is 0 Å². The summed E-state index contributed by atoms with van der Waals surface area (Å²) in [6.45, 7) is 2.91. The number of hydrogen-bond acceptors (Lipinski definition) is 4. The Bertz CT molecular complexity index is 250. The van der Waals surface area contributed by atoms with E-state index in [0.29, 0.717) is 18.7 Å². The van der Waals surface area contributed by atoms with Gasteiger partial charge in [0.05, 0.1) is 12.7 Å². The van der Waals surface area contributed by atoms with Gasteiger partial charge in [0.2, 0.25) is 0 Å². The van der Waals surface area contributed by atoms with Crippen LogP contribution in [0.25, 0.3) is 0 Å². The molecule has 106 valence electrons. The van der Waals surface area contributed by atoms with Gasteiger partial charge >= 0.3 is 0 Å². The zero-order valence-corrected chi connectivity index (χ0v) is 11.8. The maximum absolute atomic E-state index is 9.81. The summed E-state index contributed by atoms with van der Waals surface area (Å²) in [5, 5.41) is 13.2. The van der Waals surface area contributed by atoms with Crippen LogP contribution in [0.3, 0.4) is 0 Å². The molecular formula is C14H28N2O2. The first kappa shape index (κ1) is 14.3. The van der Waals surface area contributed by atoms with Crippen molar-refractivity contribution in [2.24, 2.45) is 5.92 Å². The van der Waals surface area contributed by atoms with Crippen LogP contribution in [0.4, 0.5) is 0 Å². The molecule has 0 aromatic rings. The third kappa shape index (κ3) is 3.92. The molecule has 0 radical (unpaired) electrons. The van der Waals surface area contributed by atoms with E-state index < -0.39 is 0 Å². The summed E-state index contributed by atoms with van der Waals surface area (Å²) in [4.78, 5) is 2.32. The highest BCUT2D eigenvalue weighted by Crippen LogP contribution is 2.35. The number of nitrogens with zero attached hydrogens (tertiary/aromatic N) is 1. The summed E-state index contributed by atoms with van der Waals surface area (Å²) in [6.07, 6.45) is 6.09. The lowest BCUT2D eigenvalue weighted by molar-refractivity contribution is 0.0238. The fraction of sp³-hybridized carbons (Fsp3) is 1.00. The van der Waals surface area contributed by atoms with E-state index >= 15 is 0 Å². The third-order valence-corrected chi connectivity index (χ3v) is 4.43. The highest BCUT2D eigenvalue weighted by molar-refractivity contribution is 4.97. The molecular weight excluding hydrogens is 228 g/mol. The topological polar surface area (TPSA) is 44.7 Å². The molecule has 4 nitrogen and oxygen atoms in total. The number of likely N-dealkylation sites (N-methyl/N-ethyl adjacent to an activating group) is 1. The first-order valence-electron chi connectivity index (χ1n) is 7.26. The van der Waals surface area contributed by atoms with Gasteiger partial charge in [0.1, 0.15) is 0 Å². The molecule has 4 heteroatoms. The van der Waals surface area contributed by atoms with Crippen LogP contribution in [0.5, 0.6) is 0 Å². The van der Waals surface area contributed by atoms with Gasteiger partial charge in [-0.25, -0.2) is 0 Å². The van der Waals surface area contributed by atoms with Crippen molar-refractivity contribution in [1.82, 2.24) is 10.2 Å². The summed E-state index contributed by atoms with van der Waals surface area (Å²) >= 11 is 0. The number of rotatable bonds is 9. The van der Waals surface area contributed by atoms with Gasteiger partial charge in [0, 0.05) is 25.2 Å². The van der Waals surface area contributed by atoms with Crippen LogP contribution in [0.15, 0.2) is 0 Å². The molecule has 2 fully saturated rings. The van der Waals surface area contributed by atoms with E-state index in [-0.39, 0.29) is 6.10 Å². The van der Waals surface area contributed by atoms with Crippen LogP contribution < -0.4 is 5.32 Å². The molecule has 1 unspecified atom stereocenters. The van der Waals surface area contributed by atoms with Crippen LogP contribution in [0.2, 0.25) is 0 Å². The monoisotopic (exact) mass is 256 g/mol. The summed E-state index contributed by atoms with van der Waals surface area (Å²) in [5.74, 6) is 0.775. The van der Waals surface area contributed by atoms with Gasteiger partial charge in [0.25, 0.3) is 0 Å². The van der Waals surface area contributed by atoms with Crippen molar-refractivity contribution in [3.05, 3.63) is 0 Å². The highest BCUT2D eigenvalue weighted by Gasteiger charge is 2.38. The Morgan fingerprint density at radius 2 is 2.11 bits per heavy atom. The Morgan fingerprint density at radius 3 is 2.61 bits per heavy atom. The second-order valence-electron chi connectivity index (χ2n) is 6.24. The summed E-state index contributed by atoms with van der Waals surface area (Å²) in [5.41, 5.74) is 0.328. The molecule has 0 bridgehead atoms. The maximum atomic E-state index is 9.81. The molecule has 0 spiro atoms. The Labute approximate surface area is 111 Å². The Morgan fingerprint density at radius 1 is 1.39 bits per heavy atom. The molecule has 0 aromatic heterocycles. The molecule has 0 amide bonds. The fourth-order valence-electron chi connectivity index (χ4n) is 2.55. The number of hydrogen-bond donors (Lipinski definition) is 2. The van der Waals surface area contributed by atoms with E-state index in [4.69, 9.17) is 4.74 Å². The minimum Gasteiger partial charge on any atom is -0.389 e. The fourth-order valence-corrected chi connectivity index (χ4v) is 2.55. The lowest BCUT2D eigenvalue weighted by Crippen LogP contribution is -2.57. The minimum absolute atomic E-state index is 0.328. The van der Waals surface area contributed by atoms with E-state index in [9.17, 15) is 5.11 Å². The van der Waals surface area contributed by atoms with E-state index in [0.717, 1.165) is 19.1 Å². The molecule has 2 aliphatic carbocycles. The van der Waals surface area contributed by atoms with Gasteiger partial charge < -0.3 is 20.1 Å². The Balaban J connectivity index is 1.53. The van der Waals surface area contributed by atoms with Gasteiger partial charge in [0.15, 0.2) is 0 Å². The average Bonchev–Trinajstić information content (AvgIpc) is 3.05. The van der Waals surface area contributed by atoms with Crippen LogP contribution >= 0.6 is 0 Å². The van der Waals surface area contributed by atoms with Gasteiger partial charge in [-0.15, -0.1) is 0 Å². The zero-order valence-electron chi connectivity index (χ0n) is 11.8. The first-order valence-corrected chi connectivity index (χ1v) is 7.26. The average molecular weight is 256 g/mol. The zero-order chi connectivity index (χ0) is 13.0. The normalized spacial score (nSPS) is 24.0. The standard InChI is InChI=1S/C14H28N2O2/c1-16(2)14(6-3-7-14)11-15-8-13(17)10-18-9-12-4-5-12/h12-13,15,17H,3-11H2,1-2H3. The SMILES string of the molecule is CN(C)C1(CNCC(O)COCC2CC2)CCC1. The molecule has 2 N–H and O–H groups in total. The van der Waals surface area contributed by atoms with Crippen molar-refractivity contribution in [3.63, 3.8) is 0 Å². The first-order chi connectivity index (χ1) is 8.62. The van der Waals surface area contributed by atoms with Crippen molar-refractivity contribution in [2.45, 2.75) is 43.7 Å². The van der Waals surface area contributed by atoms with Gasteiger partial charge in [-0.1, -0.05) is 0 Å². The van der Waals surface area contributed by atoms with Crippen molar-refractivity contribution >= 4 is 0 Å². The van der Waals surface area contributed by atoms with E-state index in [2.05, 4.69) is 24.3 Å². The van der Waals surface area contributed by atoms with Crippen LogP contribution in [-0.2, 0) is 4.74 Å². The molecule has 2 aliphatic rings. The number of aliphatic hydroxyl groups is 1. The van der Waals surface area contributed by atoms with E-state index in [1.54, 1.807) is 0 Å². The molecule has 1 atom stereocenters. The quantitative estimate of drug-likeness (QED) is 0.642. The molecule has 2 saturated carbocycles. The van der Waals surface area contributed by atoms with Crippen LogP contribution in [0.1, 0.15) is 32.1 Å². The van der Waals surface area contributed by atoms with E-state index in [1.165, 1.54) is 32.1 Å². The van der Waals surface area contributed by atoms with Crippen molar-refractivity contribution in [3.8, 4) is 0 Å². The summed E-state index contributed by atoms with van der Waals surface area (Å²) < 4.78 is 5.49. The number of nitrogens with one attached hydrogen (secondary N) is 1. The summed E-state index contributed by atoms with van der Waals surface area (Å²) in [6, 6.07) is 0. The third-order valence-electron chi connectivity index (χ3n) is 4.43. The van der Waals surface area contributed by atoms with Crippen LogP contribution in [-0.4, -0.2) is 62.0 Å². The van der Waals surface area contributed by atoms with Crippen LogP contribution in [0, 0.1) is 5.92 Å². The van der Waals surface area contributed by atoms with Crippen molar-refractivity contribution < 1.29 is 9.84 Å². The largest absolute Gasteiger partial charge is 0.389 e. The minimum atomic E-state index is -0.372. The number of ether oxygens (including phenoxy) is 1.